The Labute approximate surface area is 130 Å². The molecule has 1 aliphatic rings. The fourth-order valence-corrected chi connectivity index (χ4v) is 3.14. The minimum absolute atomic E-state index is 0.313. The van der Waals surface area contributed by atoms with Crippen LogP contribution in [0.3, 0.4) is 0 Å². The van der Waals surface area contributed by atoms with E-state index in [0.29, 0.717) is 4.88 Å². The van der Waals surface area contributed by atoms with E-state index in [1.165, 1.54) is 24.2 Å². The molecule has 3 aromatic rings. The fourth-order valence-electron chi connectivity index (χ4n) is 2.30. The summed E-state index contributed by atoms with van der Waals surface area (Å²) in [7, 11) is 0. The normalized spacial score (nSPS) is 14.4. The van der Waals surface area contributed by atoms with Gasteiger partial charge in [0.25, 0.3) is 0 Å². The standard InChI is InChI=1S/C15H14N4O2S/c20-15(21)12-4-3-11(22-12)10-8-17-14-6-5-13(18-19(10)14)16-7-9-1-2-9/h3-6,8-9H,1-2,7H2,(H,16,18)(H,20,21). The second kappa shape index (κ2) is 5.10. The number of hydrogen-bond donors (Lipinski definition) is 2. The van der Waals surface area contributed by atoms with E-state index in [-0.39, 0.29) is 0 Å². The molecule has 0 unspecified atom stereocenters. The number of thiophene rings is 1. The number of nitrogens with one attached hydrogen (secondary N) is 1. The van der Waals surface area contributed by atoms with E-state index < -0.39 is 5.97 Å². The van der Waals surface area contributed by atoms with Crippen LogP contribution in [-0.4, -0.2) is 32.2 Å². The van der Waals surface area contributed by atoms with Crippen molar-refractivity contribution in [3.63, 3.8) is 0 Å². The van der Waals surface area contributed by atoms with Crippen molar-refractivity contribution in [3.8, 4) is 10.6 Å². The molecule has 0 spiro atoms. The smallest absolute Gasteiger partial charge is 0.345 e. The molecule has 1 saturated carbocycles. The van der Waals surface area contributed by atoms with Crippen molar-refractivity contribution < 1.29 is 9.90 Å². The lowest BCUT2D eigenvalue weighted by atomic mass is 10.3. The molecule has 0 amide bonds. The van der Waals surface area contributed by atoms with Gasteiger partial charge in [0.2, 0.25) is 0 Å². The molecule has 6 nitrogen and oxygen atoms in total. The highest BCUT2D eigenvalue weighted by atomic mass is 32.1. The monoisotopic (exact) mass is 314 g/mol. The minimum Gasteiger partial charge on any atom is -0.477 e. The summed E-state index contributed by atoms with van der Waals surface area (Å²) in [6.45, 7) is 0.949. The number of aromatic carboxylic acids is 1. The van der Waals surface area contributed by atoms with Gasteiger partial charge in [-0.1, -0.05) is 0 Å². The first-order valence-corrected chi connectivity index (χ1v) is 7.94. The molecule has 112 valence electrons. The quantitative estimate of drug-likeness (QED) is 0.757. The van der Waals surface area contributed by atoms with Crippen LogP contribution in [0.2, 0.25) is 0 Å². The molecule has 1 fully saturated rings. The van der Waals surface area contributed by atoms with Crippen LogP contribution in [0, 0.1) is 5.92 Å². The number of aromatic nitrogens is 3. The summed E-state index contributed by atoms with van der Waals surface area (Å²) in [4.78, 5) is 16.5. The Morgan fingerprint density at radius 2 is 2.23 bits per heavy atom. The van der Waals surface area contributed by atoms with E-state index in [1.807, 2.05) is 12.1 Å². The lowest BCUT2D eigenvalue weighted by Gasteiger charge is -2.05. The predicted molar refractivity (Wildman–Crippen MR) is 84.5 cm³/mol. The molecule has 0 bridgehead atoms. The molecule has 4 rings (SSSR count). The lowest BCUT2D eigenvalue weighted by Crippen LogP contribution is -2.07. The third-order valence-electron chi connectivity index (χ3n) is 3.70. The molecular weight excluding hydrogens is 300 g/mol. The zero-order chi connectivity index (χ0) is 15.1. The Morgan fingerprint density at radius 3 is 2.95 bits per heavy atom. The molecule has 7 heteroatoms. The maximum atomic E-state index is 11.0. The topological polar surface area (TPSA) is 79.5 Å². The van der Waals surface area contributed by atoms with Crippen molar-refractivity contribution in [1.82, 2.24) is 14.6 Å². The summed E-state index contributed by atoms with van der Waals surface area (Å²) in [5.41, 5.74) is 1.56. The van der Waals surface area contributed by atoms with E-state index in [2.05, 4.69) is 15.4 Å². The fraction of sp³-hybridized carbons (Fsp3) is 0.267. The number of carbonyl (C=O) groups is 1. The number of rotatable bonds is 5. The first-order chi connectivity index (χ1) is 10.7. The highest BCUT2D eigenvalue weighted by molar-refractivity contribution is 7.17. The lowest BCUT2D eigenvalue weighted by molar-refractivity contribution is 0.0702. The number of carboxylic acids is 1. The SMILES string of the molecule is O=C(O)c1ccc(-c2cnc3ccc(NCC4CC4)nn23)s1. The van der Waals surface area contributed by atoms with Crippen molar-refractivity contribution in [2.24, 2.45) is 5.92 Å². The molecule has 22 heavy (non-hydrogen) atoms. The highest BCUT2D eigenvalue weighted by Crippen LogP contribution is 2.30. The van der Waals surface area contributed by atoms with Gasteiger partial charge in [0.1, 0.15) is 16.4 Å². The summed E-state index contributed by atoms with van der Waals surface area (Å²) in [6.07, 6.45) is 4.31. The second-order valence-corrected chi connectivity index (χ2v) is 6.51. The zero-order valence-corrected chi connectivity index (χ0v) is 12.5. The van der Waals surface area contributed by atoms with Crippen molar-refractivity contribution in [2.45, 2.75) is 12.8 Å². The van der Waals surface area contributed by atoms with Crippen molar-refractivity contribution in [1.29, 1.82) is 0 Å². The van der Waals surface area contributed by atoms with Gasteiger partial charge in [0.15, 0.2) is 5.65 Å². The molecule has 0 atom stereocenters. The third kappa shape index (κ3) is 2.43. The van der Waals surface area contributed by atoms with E-state index in [1.54, 1.807) is 22.8 Å². The summed E-state index contributed by atoms with van der Waals surface area (Å²) in [5.74, 6) is 0.675. The summed E-state index contributed by atoms with van der Waals surface area (Å²) >= 11 is 1.23. The highest BCUT2D eigenvalue weighted by Gasteiger charge is 2.21. The van der Waals surface area contributed by atoms with Crippen LogP contribution >= 0.6 is 11.3 Å². The molecule has 0 radical (unpaired) electrons. The van der Waals surface area contributed by atoms with Crippen molar-refractivity contribution in [3.05, 3.63) is 35.3 Å². The maximum absolute atomic E-state index is 11.0. The Morgan fingerprint density at radius 1 is 1.36 bits per heavy atom. The molecule has 3 aromatic heterocycles. The van der Waals surface area contributed by atoms with Crippen LogP contribution in [-0.2, 0) is 0 Å². The van der Waals surface area contributed by atoms with Crippen LogP contribution in [0.15, 0.2) is 30.5 Å². The van der Waals surface area contributed by atoms with Gasteiger partial charge in [0, 0.05) is 6.54 Å². The van der Waals surface area contributed by atoms with Crippen molar-refractivity contribution >= 4 is 28.8 Å². The van der Waals surface area contributed by atoms with Gasteiger partial charge >= 0.3 is 5.97 Å². The molecule has 3 heterocycles. The number of imidazole rings is 1. The van der Waals surface area contributed by atoms with Crippen LogP contribution in [0.4, 0.5) is 5.82 Å². The number of carboxylic acid groups (broad SMARTS) is 1. The number of fused-ring (bicyclic) bond motifs is 1. The van der Waals surface area contributed by atoms with E-state index in [0.717, 1.165) is 34.5 Å². The Bertz CT molecular complexity index is 850. The molecule has 1 aliphatic carbocycles. The average Bonchev–Trinajstić information content (AvgIpc) is 3.05. The van der Waals surface area contributed by atoms with Gasteiger partial charge in [-0.15, -0.1) is 16.4 Å². The van der Waals surface area contributed by atoms with Crippen LogP contribution in [0.25, 0.3) is 16.2 Å². The summed E-state index contributed by atoms with van der Waals surface area (Å²) in [6, 6.07) is 7.24. The Kier molecular flexibility index (Phi) is 3.07. The minimum atomic E-state index is -0.912. The van der Waals surface area contributed by atoms with Crippen LogP contribution in [0.1, 0.15) is 22.5 Å². The van der Waals surface area contributed by atoms with Gasteiger partial charge < -0.3 is 10.4 Å². The van der Waals surface area contributed by atoms with Crippen molar-refractivity contribution in [2.75, 3.05) is 11.9 Å². The Hall–Kier alpha value is -2.41. The molecule has 0 saturated heterocycles. The number of nitrogens with zero attached hydrogens (tertiary/aromatic N) is 3. The molecule has 0 aromatic carbocycles. The van der Waals surface area contributed by atoms with Crippen LogP contribution < -0.4 is 5.32 Å². The van der Waals surface area contributed by atoms with Gasteiger partial charge in [0.05, 0.1) is 11.1 Å². The van der Waals surface area contributed by atoms with Crippen LogP contribution in [0.5, 0.6) is 0 Å². The zero-order valence-electron chi connectivity index (χ0n) is 11.7. The molecule has 0 aliphatic heterocycles. The number of anilines is 1. The Balaban J connectivity index is 1.69. The third-order valence-corrected chi connectivity index (χ3v) is 4.80. The summed E-state index contributed by atoms with van der Waals surface area (Å²) in [5, 5.41) is 17.0. The first kappa shape index (κ1) is 13.3. The second-order valence-electron chi connectivity index (χ2n) is 5.43. The van der Waals surface area contributed by atoms with Gasteiger partial charge in [-0.25, -0.2) is 14.3 Å². The van der Waals surface area contributed by atoms with E-state index >= 15 is 0 Å². The maximum Gasteiger partial charge on any atom is 0.345 e. The first-order valence-electron chi connectivity index (χ1n) is 7.13. The summed E-state index contributed by atoms with van der Waals surface area (Å²) < 4.78 is 1.76. The van der Waals surface area contributed by atoms with Gasteiger partial charge in [-0.05, 0) is 43.0 Å². The van der Waals surface area contributed by atoms with Gasteiger partial charge in [-0.3, -0.25) is 0 Å². The largest absolute Gasteiger partial charge is 0.477 e. The average molecular weight is 314 g/mol. The molecular formula is C15H14N4O2S. The van der Waals surface area contributed by atoms with E-state index in [4.69, 9.17) is 5.11 Å². The van der Waals surface area contributed by atoms with E-state index in [9.17, 15) is 4.79 Å². The van der Waals surface area contributed by atoms with Gasteiger partial charge in [-0.2, -0.15) is 0 Å². The number of hydrogen-bond acceptors (Lipinski definition) is 5. The predicted octanol–water partition coefficient (Wildman–Crippen LogP) is 2.98. The molecule has 2 N–H and O–H groups in total.